The van der Waals surface area contributed by atoms with E-state index in [1.165, 1.54) is 0 Å². The van der Waals surface area contributed by atoms with Crippen molar-refractivity contribution in [1.82, 2.24) is 13.8 Å². The standard InChI is InChI=1S/C13H16F3N3S/c1-7(2)18-4-5-19-9(6-18)8(3)10-11(13(14,15)16)20-17-12(10)19/h7H,4-6H2,1-3H3. The first-order chi connectivity index (χ1) is 9.30. The van der Waals surface area contributed by atoms with Gasteiger partial charge in [-0.15, -0.1) is 0 Å². The second-order valence-corrected chi connectivity index (χ2v) is 6.27. The third kappa shape index (κ3) is 1.95. The molecule has 0 unspecified atom stereocenters. The fourth-order valence-corrected chi connectivity index (χ4v) is 3.66. The fourth-order valence-electron chi connectivity index (χ4n) is 2.86. The van der Waals surface area contributed by atoms with Crippen molar-refractivity contribution in [3.63, 3.8) is 0 Å². The van der Waals surface area contributed by atoms with Crippen LogP contribution >= 0.6 is 11.5 Å². The molecule has 1 aliphatic heterocycles. The van der Waals surface area contributed by atoms with Crippen LogP contribution < -0.4 is 0 Å². The highest BCUT2D eigenvalue weighted by atomic mass is 32.1. The van der Waals surface area contributed by atoms with Gasteiger partial charge in [0.1, 0.15) is 4.88 Å². The lowest BCUT2D eigenvalue weighted by molar-refractivity contribution is -0.133. The Morgan fingerprint density at radius 2 is 1.95 bits per heavy atom. The maximum absolute atomic E-state index is 13.1. The summed E-state index contributed by atoms with van der Waals surface area (Å²) in [5.41, 5.74) is 2.20. The van der Waals surface area contributed by atoms with E-state index in [1.54, 1.807) is 6.92 Å². The van der Waals surface area contributed by atoms with Gasteiger partial charge < -0.3 is 4.57 Å². The second kappa shape index (κ2) is 4.46. The summed E-state index contributed by atoms with van der Waals surface area (Å²) in [6.07, 6.45) is -4.32. The second-order valence-electron chi connectivity index (χ2n) is 5.50. The Hall–Kier alpha value is -1.08. The third-order valence-electron chi connectivity index (χ3n) is 4.01. The number of aryl methyl sites for hydroxylation is 1. The van der Waals surface area contributed by atoms with E-state index >= 15 is 0 Å². The molecule has 110 valence electrons. The monoisotopic (exact) mass is 303 g/mol. The van der Waals surface area contributed by atoms with Gasteiger partial charge in [-0.25, -0.2) is 0 Å². The molecule has 7 heteroatoms. The minimum Gasteiger partial charge on any atom is -0.326 e. The molecule has 1 aliphatic rings. The number of rotatable bonds is 1. The molecule has 2 aromatic heterocycles. The summed E-state index contributed by atoms with van der Waals surface area (Å²) in [5, 5.41) is 0.295. The lowest BCUT2D eigenvalue weighted by atomic mass is 10.1. The van der Waals surface area contributed by atoms with Crippen molar-refractivity contribution in [2.45, 2.75) is 46.1 Å². The van der Waals surface area contributed by atoms with Crippen molar-refractivity contribution in [3.8, 4) is 0 Å². The van der Waals surface area contributed by atoms with Crippen LogP contribution in [0.2, 0.25) is 0 Å². The molecule has 2 aromatic rings. The Morgan fingerprint density at radius 1 is 1.25 bits per heavy atom. The number of hydrogen-bond acceptors (Lipinski definition) is 3. The van der Waals surface area contributed by atoms with Gasteiger partial charge in [-0.3, -0.25) is 4.90 Å². The van der Waals surface area contributed by atoms with Crippen LogP contribution in [0.1, 0.15) is 30.0 Å². The van der Waals surface area contributed by atoms with Gasteiger partial charge >= 0.3 is 6.18 Å². The van der Waals surface area contributed by atoms with Crippen LogP contribution in [-0.4, -0.2) is 26.4 Å². The highest BCUT2D eigenvalue weighted by Gasteiger charge is 2.38. The van der Waals surface area contributed by atoms with Crippen LogP contribution in [-0.2, 0) is 19.3 Å². The number of alkyl halides is 3. The first-order valence-electron chi connectivity index (χ1n) is 6.59. The van der Waals surface area contributed by atoms with Gasteiger partial charge in [0, 0.05) is 36.8 Å². The summed E-state index contributed by atoms with van der Waals surface area (Å²) >= 11 is 0.561. The summed E-state index contributed by atoms with van der Waals surface area (Å²) in [5.74, 6) is 0. The van der Waals surface area contributed by atoms with Crippen molar-refractivity contribution in [3.05, 3.63) is 16.1 Å². The highest BCUT2D eigenvalue weighted by molar-refractivity contribution is 7.07. The van der Waals surface area contributed by atoms with E-state index < -0.39 is 11.1 Å². The molecule has 0 amide bonds. The summed E-state index contributed by atoms with van der Waals surface area (Å²) in [7, 11) is 0. The first kappa shape index (κ1) is 13.9. The Kier molecular flexibility index (Phi) is 3.10. The topological polar surface area (TPSA) is 21.1 Å². The zero-order valence-corrected chi connectivity index (χ0v) is 12.4. The molecule has 0 fully saturated rings. The van der Waals surface area contributed by atoms with Gasteiger partial charge in [-0.2, -0.15) is 17.5 Å². The maximum Gasteiger partial charge on any atom is 0.427 e. The number of aromatic nitrogens is 2. The molecule has 0 aliphatic carbocycles. The molecule has 0 N–H and O–H groups in total. The molecule has 0 saturated carbocycles. The van der Waals surface area contributed by atoms with E-state index in [-0.39, 0.29) is 0 Å². The normalized spacial score (nSPS) is 17.1. The Morgan fingerprint density at radius 3 is 2.55 bits per heavy atom. The Labute approximate surface area is 119 Å². The summed E-state index contributed by atoms with van der Waals surface area (Å²) < 4.78 is 45.2. The lowest BCUT2D eigenvalue weighted by Crippen LogP contribution is -2.38. The molecule has 0 spiro atoms. The zero-order valence-electron chi connectivity index (χ0n) is 11.6. The maximum atomic E-state index is 13.1. The van der Waals surface area contributed by atoms with Gasteiger partial charge in [0.25, 0.3) is 0 Å². The quantitative estimate of drug-likeness (QED) is 0.802. The lowest BCUT2D eigenvalue weighted by Gasteiger charge is -2.32. The molecular weight excluding hydrogens is 287 g/mol. The molecule has 0 saturated heterocycles. The third-order valence-corrected chi connectivity index (χ3v) is 4.90. The van der Waals surface area contributed by atoms with E-state index in [0.717, 1.165) is 17.8 Å². The summed E-state index contributed by atoms with van der Waals surface area (Å²) in [6, 6.07) is 0.394. The summed E-state index contributed by atoms with van der Waals surface area (Å²) in [4.78, 5) is 1.71. The van der Waals surface area contributed by atoms with E-state index in [0.29, 0.717) is 41.7 Å². The Balaban J connectivity index is 2.16. The molecule has 3 rings (SSSR count). The molecule has 3 heterocycles. The van der Waals surface area contributed by atoms with E-state index in [1.807, 2.05) is 4.57 Å². The zero-order chi connectivity index (χ0) is 14.7. The molecular formula is C13H16F3N3S. The smallest absolute Gasteiger partial charge is 0.326 e. The predicted octanol–water partition coefficient (Wildman–Crippen LogP) is 3.65. The van der Waals surface area contributed by atoms with Crippen LogP contribution in [0, 0.1) is 6.92 Å². The van der Waals surface area contributed by atoms with Crippen LogP contribution in [0.15, 0.2) is 0 Å². The minimum absolute atomic E-state index is 0.295. The van der Waals surface area contributed by atoms with Crippen LogP contribution in [0.5, 0.6) is 0 Å². The number of halogens is 3. The minimum atomic E-state index is -4.32. The van der Waals surface area contributed by atoms with Crippen molar-refractivity contribution in [1.29, 1.82) is 0 Å². The van der Waals surface area contributed by atoms with Gasteiger partial charge in [-0.05, 0) is 37.9 Å². The Bertz CT molecular complexity index is 654. The average molecular weight is 303 g/mol. The molecule has 3 nitrogen and oxygen atoms in total. The van der Waals surface area contributed by atoms with Crippen molar-refractivity contribution < 1.29 is 13.2 Å². The van der Waals surface area contributed by atoms with Crippen LogP contribution in [0.3, 0.4) is 0 Å². The molecule has 0 radical (unpaired) electrons. The number of fused-ring (bicyclic) bond motifs is 3. The molecule has 20 heavy (non-hydrogen) atoms. The van der Waals surface area contributed by atoms with Crippen molar-refractivity contribution in [2.75, 3.05) is 6.54 Å². The highest BCUT2D eigenvalue weighted by Crippen LogP contribution is 2.41. The van der Waals surface area contributed by atoms with Crippen LogP contribution in [0.4, 0.5) is 13.2 Å². The fraction of sp³-hybridized carbons (Fsp3) is 0.615. The predicted molar refractivity (Wildman–Crippen MR) is 72.9 cm³/mol. The largest absolute Gasteiger partial charge is 0.427 e. The number of hydrogen-bond donors (Lipinski definition) is 0. The van der Waals surface area contributed by atoms with Gasteiger partial charge in [0.2, 0.25) is 0 Å². The van der Waals surface area contributed by atoms with Gasteiger partial charge in [0.05, 0.1) is 0 Å². The molecule has 0 aromatic carbocycles. The van der Waals surface area contributed by atoms with E-state index in [2.05, 4.69) is 23.1 Å². The van der Waals surface area contributed by atoms with E-state index in [4.69, 9.17) is 0 Å². The van der Waals surface area contributed by atoms with Crippen molar-refractivity contribution >= 4 is 22.6 Å². The summed E-state index contributed by atoms with van der Waals surface area (Å²) in [6.45, 7) is 8.25. The van der Waals surface area contributed by atoms with Gasteiger partial charge in [0.15, 0.2) is 5.65 Å². The number of nitrogens with zero attached hydrogens (tertiary/aromatic N) is 3. The SMILES string of the molecule is Cc1c2n(c3nsc(C(F)(F)F)c13)CCN(C(C)C)C2. The van der Waals surface area contributed by atoms with Crippen molar-refractivity contribution in [2.24, 2.45) is 0 Å². The van der Waals surface area contributed by atoms with Gasteiger partial charge in [-0.1, -0.05) is 0 Å². The van der Waals surface area contributed by atoms with E-state index in [9.17, 15) is 13.2 Å². The van der Waals surface area contributed by atoms with Crippen LogP contribution in [0.25, 0.3) is 11.0 Å². The first-order valence-corrected chi connectivity index (χ1v) is 7.36. The molecule has 0 bridgehead atoms. The molecule has 0 atom stereocenters. The average Bonchev–Trinajstić information content (AvgIpc) is 2.90.